The van der Waals surface area contributed by atoms with Crippen molar-refractivity contribution in [1.82, 2.24) is 4.90 Å². The number of amides is 1. The van der Waals surface area contributed by atoms with Gasteiger partial charge < -0.3 is 9.64 Å². The van der Waals surface area contributed by atoms with E-state index in [0.29, 0.717) is 9.90 Å². The number of fused-ring (bicyclic) bond motifs is 1. The SMILES string of the molecule is O=C(OCC(=O)N1CCCCCCC1)c1sc2ccccc2c1Cl. The summed E-state index contributed by atoms with van der Waals surface area (Å²) in [4.78, 5) is 26.7. The molecule has 24 heavy (non-hydrogen) atoms. The number of thiophene rings is 1. The number of carbonyl (C=O) groups is 2. The number of hydrogen-bond acceptors (Lipinski definition) is 4. The number of ether oxygens (including phenoxy) is 1. The summed E-state index contributed by atoms with van der Waals surface area (Å²) >= 11 is 7.56. The third-order valence-electron chi connectivity index (χ3n) is 4.26. The molecule has 0 unspecified atom stereocenters. The molecule has 6 heteroatoms. The van der Waals surface area contributed by atoms with Crippen LogP contribution in [0.4, 0.5) is 0 Å². The van der Waals surface area contributed by atoms with Crippen LogP contribution in [-0.4, -0.2) is 36.5 Å². The third-order valence-corrected chi connectivity index (χ3v) is 5.91. The molecule has 1 aromatic carbocycles. The highest BCUT2D eigenvalue weighted by molar-refractivity contribution is 7.21. The number of likely N-dealkylation sites (tertiary alicyclic amines) is 1. The monoisotopic (exact) mass is 365 g/mol. The molecule has 0 spiro atoms. The Hall–Kier alpha value is -1.59. The quantitative estimate of drug-likeness (QED) is 0.752. The average molecular weight is 366 g/mol. The van der Waals surface area contributed by atoms with Crippen LogP contribution in [0.3, 0.4) is 0 Å². The largest absolute Gasteiger partial charge is 0.451 e. The molecule has 0 aliphatic carbocycles. The zero-order valence-corrected chi connectivity index (χ0v) is 15.0. The molecule has 1 aromatic heterocycles. The Kier molecular flexibility index (Phi) is 5.74. The van der Waals surface area contributed by atoms with Crippen molar-refractivity contribution in [1.29, 1.82) is 0 Å². The number of hydrogen-bond donors (Lipinski definition) is 0. The van der Waals surface area contributed by atoms with Crippen LogP contribution in [0.2, 0.25) is 5.02 Å². The second-order valence-corrected chi connectivity index (χ2v) is 7.40. The van der Waals surface area contributed by atoms with E-state index in [0.717, 1.165) is 48.9 Å². The smallest absolute Gasteiger partial charge is 0.350 e. The molecule has 0 bridgehead atoms. The van der Waals surface area contributed by atoms with Crippen molar-refractivity contribution in [3.8, 4) is 0 Å². The highest BCUT2D eigenvalue weighted by Crippen LogP contribution is 2.35. The summed E-state index contributed by atoms with van der Waals surface area (Å²) < 4.78 is 6.16. The molecule has 0 radical (unpaired) electrons. The number of benzene rings is 1. The van der Waals surface area contributed by atoms with Gasteiger partial charge in [-0.25, -0.2) is 4.79 Å². The van der Waals surface area contributed by atoms with E-state index < -0.39 is 5.97 Å². The van der Waals surface area contributed by atoms with Crippen LogP contribution >= 0.6 is 22.9 Å². The van der Waals surface area contributed by atoms with Crippen LogP contribution in [0.1, 0.15) is 41.8 Å². The van der Waals surface area contributed by atoms with Gasteiger partial charge in [0.15, 0.2) is 6.61 Å². The predicted octanol–water partition coefficient (Wildman–Crippen LogP) is 4.50. The fourth-order valence-corrected chi connectivity index (χ4v) is 4.33. The van der Waals surface area contributed by atoms with E-state index >= 15 is 0 Å². The maximum absolute atomic E-state index is 12.3. The fraction of sp³-hybridized carbons (Fsp3) is 0.444. The Morgan fingerprint density at radius 2 is 1.75 bits per heavy atom. The average Bonchev–Trinajstić information content (AvgIpc) is 2.89. The Balaban J connectivity index is 1.61. The molecule has 1 saturated heterocycles. The zero-order valence-electron chi connectivity index (χ0n) is 13.4. The van der Waals surface area contributed by atoms with Gasteiger partial charge >= 0.3 is 5.97 Å². The second-order valence-electron chi connectivity index (χ2n) is 5.97. The number of halogens is 1. The van der Waals surface area contributed by atoms with Gasteiger partial charge in [0.05, 0.1) is 5.02 Å². The van der Waals surface area contributed by atoms with E-state index in [-0.39, 0.29) is 12.5 Å². The molecule has 3 rings (SSSR count). The van der Waals surface area contributed by atoms with Gasteiger partial charge in [-0.2, -0.15) is 0 Å². The Labute approximate surface area is 150 Å². The van der Waals surface area contributed by atoms with Gasteiger partial charge in [0.2, 0.25) is 0 Å². The molecular formula is C18H20ClNO3S. The van der Waals surface area contributed by atoms with E-state index in [2.05, 4.69) is 0 Å². The van der Waals surface area contributed by atoms with Gasteiger partial charge in [-0.15, -0.1) is 11.3 Å². The van der Waals surface area contributed by atoms with Crippen LogP contribution in [0.25, 0.3) is 10.1 Å². The Morgan fingerprint density at radius 1 is 1.08 bits per heavy atom. The van der Waals surface area contributed by atoms with Crippen molar-refractivity contribution < 1.29 is 14.3 Å². The van der Waals surface area contributed by atoms with Gasteiger partial charge in [0.25, 0.3) is 5.91 Å². The maximum atomic E-state index is 12.3. The summed E-state index contributed by atoms with van der Waals surface area (Å²) in [5.41, 5.74) is 0. The zero-order chi connectivity index (χ0) is 16.9. The number of esters is 1. The first-order valence-corrected chi connectivity index (χ1v) is 9.48. The summed E-state index contributed by atoms with van der Waals surface area (Å²) in [5, 5.41) is 1.24. The van der Waals surface area contributed by atoms with Gasteiger partial charge in [-0.1, -0.05) is 49.1 Å². The van der Waals surface area contributed by atoms with E-state index in [1.165, 1.54) is 17.8 Å². The number of rotatable bonds is 3. The summed E-state index contributed by atoms with van der Waals surface area (Å²) in [5.74, 6) is -0.649. The van der Waals surface area contributed by atoms with E-state index in [4.69, 9.17) is 16.3 Å². The van der Waals surface area contributed by atoms with Gasteiger partial charge in [0.1, 0.15) is 4.88 Å². The minimum Gasteiger partial charge on any atom is -0.451 e. The van der Waals surface area contributed by atoms with Crippen LogP contribution in [0.15, 0.2) is 24.3 Å². The van der Waals surface area contributed by atoms with E-state index in [9.17, 15) is 9.59 Å². The molecule has 1 aliphatic rings. The van der Waals surface area contributed by atoms with Gasteiger partial charge in [-0.05, 0) is 18.9 Å². The van der Waals surface area contributed by atoms with Crippen molar-refractivity contribution in [2.75, 3.05) is 19.7 Å². The van der Waals surface area contributed by atoms with Crippen molar-refractivity contribution in [3.63, 3.8) is 0 Å². The predicted molar refractivity (Wildman–Crippen MR) is 96.8 cm³/mol. The standard InChI is InChI=1S/C18H20ClNO3S/c19-16-13-8-4-5-9-14(13)24-17(16)18(22)23-12-15(21)20-10-6-2-1-3-7-11-20/h4-5,8-9H,1-3,6-7,10-12H2. The highest BCUT2D eigenvalue weighted by atomic mass is 35.5. The summed E-state index contributed by atoms with van der Waals surface area (Å²) in [7, 11) is 0. The second kappa shape index (κ2) is 7.99. The molecule has 2 aromatic rings. The third kappa shape index (κ3) is 3.90. The molecule has 1 fully saturated rings. The summed E-state index contributed by atoms with van der Waals surface area (Å²) in [6, 6.07) is 7.56. The molecular weight excluding hydrogens is 346 g/mol. The van der Waals surface area contributed by atoms with Gasteiger partial charge in [0, 0.05) is 23.2 Å². The minimum absolute atomic E-state index is 0.123. The lowest BCUT2D eigenvalue weighted by Crippen LogP contribution is -2.36. The summed E-state index contributed by atoms with van der Waals surface area (Å²) in [6.45, 7) is 1.28. The van der Waals surface area contributed by atoms with Crippen molar-refractivity contribution in [2.45, 2.75) is 32.1 Å². The van der Waals surface area contributed by atoms with E-state index in [1.54, 1.807) is 4.90 Å². The Bertz CT molecular complexity index is 735. The molecule has 0 N–H and O–H groups in total. The molecule has 0 saturated carbocycles. The lowest BCUT2D eigenvalue weighted by molar-refractivity contribution is -0.134. The molecule has 2 heterocycles. The van der Waals surface area contributed by atoms with Crippen molar-refractivity contribution >= 4 is 44.9 Å². The lowest BCUT2D eigenvalue weighted by atomic mass is 10.1. The molecule has 1 aliphatic heterocycles. The van der Waals surface area contributed by atoms with E-state index in [1.807, 2.05) is 24.3 Å². The van der Waals surface area contributed by atoms with Crippen molar-refractivity contribution in [3.05, 3.63) is 34.2 Å². The van der Waals surface area contributed by atoms with Crippen LogP contribution in [-0.2, 0) is 9.53 Å². The first-order valence-electron chi connectivity index (χ1n) is 8.29. The first kappa shape index (κ1) is 17.2. The van der Waals surface area contributed by atoms with Crippen LogP contribution < -0.4 is 0 Å². The lowest BCUT2D eigenvalue weighted by Gasteiger charge is -2.24. The van der Waals surface area contributed by atoms with Crippen LogP contribution in [0.5, 0.6) is 0 Å². The summed E-state index contributed by atoms with van der Waals surface area (Å²) in [6.07, 6.45) is 5.58. The minimum atomic E-state index is -0.526. The fourth-order valence-electron chi connectivity index (χ4n) is 2.93. The first-order chi connectivity index (χ1) is 11.7. The topological polar surface area (TPSA) is 46.6 Å². The molecule has 1 amide bonds. The maximum Gasteiger partial charge on any atom is 0.350 e. The molecule has 4 nitrogen and oxygen atoms in total. The highest BCUT2D eigenvalue weighted by Gasteiger charge is 2.21. The normalized spacial score (nSPS) is 15.8. The molecule has 0 atom stereocenters. The van der Waals surface area contributed by atoms with Crippen LogP contribution in [0, 0.1) is 0 Å². The number of nitrogens with zero attached hydrogens (tertiary/aromatic N) is 1. The Morgan fingerprint density at radius 3 is 2.46 bits per heavy atom. The number of carbonyl (C=O) groups excluding carboxylic acids is 2. The van der Waals surface area contributed by atoms with Gasteiger partial charge in [-0.3, -0.25) is 4.79 Å². The molecule has 128 valence electrons. The van der Waals surface area contributed by atoms with Crippen molar-refractivity contribution in [2.24, 2.45) is 0 Å².